The van der Waals surface area contributed by atoms with E-state index in [4.69, 9.17) is 19.6 Å². The van der Waals surface area contributed by atoms with E-state index in [0.717, 1.165) is 37.7 Å². The SMILES string of the molecule is COc1cc(CN(C(=O)c2ccc([N+](=O)[O-])o2)C2CCCCC2)ccc1OCC(N)=O. The van der Waals surface area contributed by atoms with E-state index in [1.165, 1.54) is 19.2 Å². The number of benzene rings is 1. The lowest BCUT2D eigenvalue weighted by molar-refractivity contribution is -0.402. The molecule has 1 aliphatic rings. The van der Waals surface area contributed by atoms with E-state index >= 15 is 0 Å². The Morgan fingerprint density at radius 1 is 1.19 bits per heavy atom. The molecule has 166 valence electrons. The van der Waals surface area contributed by atoms with E-state index in [1.54, 1.807) is 23.1 Å². The molecule has 0 spiro atoms. The first kappa shape index (κ1) is 22.1. The van der Waals surface area contributed by atoms with Crippen molar-refractivity contribution in [2.75, 3.05) is 13.7 Å². The van der Waals surface area contributed by atoms with Gasteiger partial charge in [-0.2, -0.15) is 0 Å². The van der Waals surface area contributed by atoms with Crippen molar-refractivity contribution in [3.05, 3.63) is 51.8 Å². The molecule has 0 aliphatic heterocycles. The summed E-state index contributed by atoms with van der Waals surface area (Å²) in [5, 5.41) is 10.9. The van der Waals surface area contributed by atoms with Crippen molar-refractivity contribution in [1.29, 1.82) is 0 Å². The molecule has 10 heteroatoms. The number of hydrogen-bond acceptors (Lipinski definition) is 7. The Bertz CT molecular complexity index is 950. The number of nitro groups is 1. The summed E-state index contributed by atoms with van der Waals surface area (Å²) >= 11 is 0. The van der Waals surface area contributed by atoms with Crippen LogP contribution in [0.5, 0.6) is 11.5 Å². The first-order valence-electron chi connectivity index (χ1n) is 10.0. The van der Waals surface area contributed by atoms with Gasteiger partial charge in [-0.25, -0.2) is 0 Å². The third kappa shape index (κ3) is 5.53. The Morgan fingerprint density at radius 3 is 2.55 bits per heavy atom. The van der Waals surface area contributed by atoms with Crippen molar-refractivity contribution >= 4 is 17.7 Å². The number of methoxy groups -OCH3 is 1. The number of nitrogens with two attached hydrogens (primary N) is 1. The molecule has 1 heterocycles. The molecule has 0 unspecified atom stereocenters. The molecule has 31 heavy (non-hydrogen) atoms. The van der Waals surface area contributed by atoms with Gasteiger partial charge in [0, 0.05) is 12.6 Å². The Kier molecular flexibility index (Phi) is 7.11. The molecule has 0 bridgehead atoms. The van der Waals surface area contributed by atoms with E-state index in [0.29, 0.717) is 11.5 Å². The number of carbonyl (C=O) groups excluding carboxylic acids is 2. The first-order chi connectivity index (χ1) is 14.9. The molecule has 1 fully saturated rings. The summed E-state index contributed by atoms with van der Waals surface area (Å²) in [4.78, 5) is 36.1. The summed E-state index contributed by atoms with van der Waals surface area (Å²) in [6, 6.07) is 7.66. The molecule has 2 aromatic rings. The zero-order chi connectivity index (χ0) is 22.4. The number of hydrogen-bond donors (Lipinski definition) is 1. The van der Waals surface area contributed by atoms with Crippen molar-refractivity contribution < 1.29 is 28.4 Å². The maximum atomic E-state index is 13.2. The lowest BCUT2D eigenvalue weighted by atomic mass is 9.93. The minimum atomic E-state index is -0.669. The summed E-state index contributed by atoms with van der Waals surface area (Å²) in [7, 11) is 1.47. The fourth-order valence-electron chi connectivity index (χ4n) is 3.72. The monoisotopic (exact) mass is 431 g/mol. The van der Waals surface area contributed by atoms with Crippen molar-refractivity contribution in [3.63, 3.8) is 0 Å². The van der Waals surface area contributed by atoms with Gasteiger partial charge in [0.1, 0.15) is 4.92 Å². The molecular weight excluding hydrogens is 406 g/mol. The van der Waals surface area contributed by atoms with Gasteiger partial charge in [-0.15, -0.1) is 0 Å². The molecule has 1 aromatic heterocycles. The highest BCUT2D eigenvalue weighted by Crippen LogP contribution is 2.31. The van der Waals surface area contributed by atoms with Crippen molar-refractivity contribution in [2.45, 2.75) is 44.7 Å². The molecule has 2 N–H and O–H groups in total. The molecule has 0 atom stereocenters. The second-order valence-corrected chi connectivity index (χ2v) is 7.36. The molecule has 1 saturated carbocycles. The van der Waals surface area contributed by atoms with Crippen LogP contribution >= 0.6 is 0 Å². The van der Waals surface area contributed by atoms with Gasteiger partial charge in [-0.1, -0.05) is 25.3 Å². The van der Waals surface area contributed by atoms with E-state index in [2.05, 4.69) is 0 Å². The normalized spacial score (nSPS) is 14.1. The average Bonchev–Trinajstić information content (AvgIpc) is 3.27. The molecule has 1 aliphatic carbocycles. The minimum absolute atomic E-state index is 0.00203. The van der Waals surface area contributed by atoms with Crippen LogP contribution in [0.4, 0.5) is 5.88 Å². The topological polar surface area (TPSA) is 138 Å². The lowest BCUT2D eigenvalue weighted by Gasteiger charge is -2.34. The molecule has 3 rings (SSSR count). The van der Waals surface area contributed by atoms with Crippen molar-refractivity contribution in [3.8, 4) is 11.5 Å². The van der Waals surface area contributed by atoms with E-state index in [-0.39, 0.29) is 25.0 Å². The van der Waals surface area contributed by atoms with Gasteiger partial charge in [0.2, 0.25) is 0 Å². The van der Waals surface area contributed by atoms with Gasteiger partial charge in [0.05, 0.1) is 13.2 Å². The molecule has 0 radical (unpaired) electrons. The van der Waals surface area contributed by atoms with Crippen LogP contribution in [0.25, 0.3) is 0 Å². The minimum Gasteiger partial charge on any atom is -0.493 e. The van der Waals surface area contributed by atoms with Gasteiger partial charge < -0.3 is 24.5 Å². The highest BCUT2D eigenvalue weighted by atomic mass is 16.6. The predicted octanol–water partition coefficient (Wildman–Crippen LogP) is 3.04. The Balaban J connectivity index is 1.84. The summed E-state index contributed by atoms with van der Waals surface area (Å²) in [6.07, 6.45) is 4.84. The number of rotatable bonds is 9. The maximum Gasteiger partial charge on any atom is 0.433 e. The van der Waals surface area contributed by atoms with Crippen LogP contribution in [0, 0.1) is 10.1 Å². The van der Waals surface area contributed by atoms with Gasteiger partial charge in [0.15, 0.2) is 23.9 Å². The van der Waals surface area contributed by atoms with Crippen LogP contribution in [0.15, 0.2) is 34.7 Å². The summed E-state index contributed by atoms with van der Waals surface area (Å²) in [5.41, 5.74) is 5.90. The third-order valence-electron chi connectivity index (χ3n) is 5.21. The largest absolute Gasteiger partial charge is 0.493 e. The number of nitrogens with zero attached hydrogens (tertiary/aromatic N) is 2. The van der Waals surface area contributed by atoms with Crippen LogP contribution in [-0.2, 0) is 11.3 Å². The van der Waals surface area contributed by atoms with E-state index < -0.39 is 22.6 Å². The highest BCUT2D eigenvalue weighted by molar-refractivity contribution is 5.92. The second kappa shape index (κ2) is 9.96. The van der Waals surface area contributed by atoms with Crippen molar-refractivity contribution in [2.24, 2.45) is 5.73 Å². The number of primary amides is 1. The van der Waals surface area contributed by atoms with Crippen LogP contribution in [0.3, 0.4) is 0 Å². The zero-order valence-corrected chi connectivity index (χ0v) is 17.2. The summed E-state index contributed by atoms with van der Waals surface area (Å²) in [6.45, 7) is -0.00980. The number of furan rings is 1. The fourth-order valence-corrected chi connectivity index (χ4v) is 3.72. The quantitative estimate of drug-likeness (QED) is 0.475. The van der Waals surface area contributed by atoms with Crippen LogP contribution in [-0.4, -0.2) is 41.4 Å². The summed E-state index contributed by atoms with van der Waals surface area (Å²) in [5.74, 6) is -0.762. The van der Waals surface area contributed by atoms with E-state index in [1.807, 2.05) is 0 Å². The fraction of sp³-hybridized carbons (Fsp3) is 0.429. The smallest absolute Gasteiger partial charge is 0.433 e. The van der Waals surface area contributed by atoms with Gasteiger partial charge in [-0.05, 0) is 36.6 Å². The highest BCUT2D eigenvalue weighted by Gasteiger charge is 2.29. The van der Waals surface area contributed by atoms with Crippen LogP contribution in [0.1, 0.15) is 48.2 Å². The Morgan fingerprint density at radius 2 is 1.94 bits per heavy atom. The Labute approximate surface area is 179 Å². The van der Waals surface area contributed by atoms with Gasteiger partial charge >= 0.3 is 5.88 Å². The first-order valence-corrected chi connectivity index (χ1v) is 10.0. The molecule has 10 nitrogen and oxygen atoms in total. The third-order valence-corrected chi connectivity index (χ3v) is 5.21. The number of ether oxygens (including phenoxy) is 2. The molecular formula is C21H25N3O7. The molecule has 2 amide bonds. The molecule has 0 saturated heterocycles. The van der Waals surface area contributed by atoms with Crippen LogP contribution in [0.2, 0.25) is 0 Å². The second-order valence-electron chi connectivity index (χ2n) is 7.36. The van der Waals surface area contributed by atoms with Gasteiger partial charge in [0.25, 0.3) is 11.8 Å². The maximum absolute atomic E-state index is 13.2. The zero-order valence-electron chi connectivity index (χ0n) is 17.2. The lowest BCUT2D eigenvalue weighted by Crippen LogP contribution is -2.40. The van der Waals surface area contributed by atoms with Crippen molar-refractivity contribution in [1.82, 2.24) is 4.90 Å². The van der Waals surface area contributed by atoms with E-state index in [9.17, 15) is 19.7 Å². The Hall–Kier alpha value is -3.56. The predicted molar refractivity (Wildman–Crippen MR) is 110 cm³/mol. The van der Waals surface area contributed by atoms with Crippen LogP contribution < -0.4 is 15.2 Å². The number of carbonyl (C=O) groups is 2. The average molecular weight is 431 g/mol. The number of amides is 2. The molecule has 1 aromatic carbocycles. The summed E-state index contributed by atoms with van der Waals surface area (Å²) < 4.78 is 15.9. The standard InChI is InChI=1S/C21H25N3O7/c1-29-18-11-14(7-8-16(18)30-13-19(22)25)12-23(15-5-3-2-4-6-15)21(26)17-9-10-20(31-17)24(27)28/h7-11,15H,2-6,12-13H2,1H3,(H2,22,25). The van der Waals surface area contributed by atoms with Gasteiger partial charge in [-0.3, -0.25) is 19.7 Å².